The Labute approximate surface area is 114 Å². The number of aromatic hydroxyl groups is 1. The molecule has 0 aliphatic heterocycles. The maximum absolute atomic E-state index is 10.8. The maximum atomic E-state index is 10.8. The number of rotatable bonds is 1. The van der Waals surface area contributed by atoms with Crippen LogP contribution >= 0.6 is 0 Å². The van der Waals surface area contributed by atoms with Crippen molar-refractivity contribution in [1.29, 1.82) is 0 Å². The average Bonchev–Trinajstić information content (AvgIpc) is 2.17. The van der Waals surface area contributed by atoms with E-state index in [1.54, 1.807) is 12.1 Å². The standard InChI is InChI=1S/C10H9NO4S.Ag/c11-7-2-1-6-3-8(16(13,14)15)5-10(12)9(6)4-7;/h1-5,12H,11H2,(H,13,14,15);/q;+1/p-1. The predicted molar refractivity (Wildman–Crippen MR) is 58.0 cm³/mol. The predicted octanol–water partition coefficient (Wildman–Crippen LogP) is 1.03. The molecule has 0 aliphatic rings. The fraction of sp³-hybridized carbons (Fsp3) is 0. The summed E-state index contributed by atoms with van der Waals surface area (Å²) in [6.07, 6.45) is 0. The van der Waals surface area contributed by atoms with Crippen LogP contribution < -0.4 is 5.73 Å². The van der Waals surface area contributed by atoms with Gasteiger partial charge in [0.05, 0.1) is 4.90 Å². The van der Waals surface area contributed by atoms with Crippen LogP contribution in [0.4, 0.5) is 5.69 Å². The van der Waals surface area contributed by atoms with Gasteiger partial charge in [-0.2, -0.15) is 0 Å². The van der Waals surface area contributed by atoms with Gasteiger partial charge in [-0.3, -0.25) is 0 Å². The second-order valence-corrected chi connectivity index (χ2v) is 4.76. The van der Waals surface area contributed by atoms with Gasteiger partial charge in [-0.05, 0) is 29.7 Å². The number of anilines is 1. The van der Waals surface area contributed by atoms with E-state index >= 15 is 0 Å². The smallest absolute Gasteiger partial charge is 0.744 e. The van der Waals surface area contributed by atoms with Gasteiger partial charge >= 0.3 is 22.4 Å². The zero-order valence-electron chi connectivity index (χ0n) is 8.35. The number of phenols is 1. The number of hydrogen-bond donors (Lipinski definition) is 2. The molecular formula is C10H8AgNO4S. The third kappa shape index (κ3) is 2.80. The normalized spacial score (nSPS) is 11.1. The first kappa shape index (κ1) is 14.0. The van der Waals surface area contributed by atoms with Gasteiger partial charge in [0, 0.05) is 11.1 Å². The molecule has 0 radical (unpaired) electrons. The molecule has 0 heterocycles. The zero-order valence-corrected chi connectivity index (χ0v) is 10.6. The first-order valence-electron chi connectivity index (χ1n) is 4.36. The van der Waals surface area contributed by atoms with Crippen LogP contribution in [0.25, 0.3) is 10.8 Å². The molecule has 0 fully saturated rings. The van der Waals surface area contributed by atoms with Gasteiger partial charge in [0.25, 0.3) is 0 Å². The number of hydrogen-bond acceptors (Lipinski definition) is 5. The topological polar surface area (TPSA) is 103 Å². The Morgan fingerprint density at radius 3 is 2.41 bits per heavy atom. The molecule has 94 valence electrons. The van der Waals surface area contributed by atoms with Crippen LogP contribution in [-0.4, -0.2) is 18.1 Å². The number of phenolic OH excluding ortho intramolecular Hbond substituents is 1. The van der Waals surface area contributed by atoms with Crippen molar-refractivity contribution in [2.75, 3.05) is 5.73 Å². The summed E-state index contributed by atoms with van der Waals surface area (Å²) in [6.45, 7) is 0. The summed E-state index contributed by atoms with van der Waals surface area (Å²) in [4.78, 5) is -0.456. The second kappa shape index (κ2) is 4.67. The number of fused-ring (bicyclic) bond motifs is 1. The molecule has 2 aromatic carbocycles. The quantitative estimate of drug-likeness (QED) is 0.456. The summed E-state index contributed by atoms with van der Waals surface area (Å²) in [5.74, 6) is -0.278. The third-order valence-electron chi connectivity index (χ3n) is 2.22. The van der Waals surface area contributed by atoms with Crippen molar-refractivity contribution in [1.82, 2.24) is 0 Å². The van der Waals surface area contributed by atoms with Gasteiger partial charge in [0.2, 0.25) is 0 Å². The Bertz CT molecular complexity index is 669. The van der Waals surface area contributed by atoms with Crippen molar-refractivity contribution < 1.29 is 40.5 Å². The molecule has 0 saturated heterocycles. The van der Waals surface area contributed by atoms with E-state index in [1.165, 1.54) is 12.1 Å². The summed E-state index contributed by atoms with van der Waals surface area (Å²) in [5, 5.41) is 10.4. The Morgan fingerprint density at radius 2 is 1.82 bits per heavy atom. The van der Waals surface area contributed by atoms with Crippen molar-refractivity contribution in [2.24, 2.45) is 0 Å². The molecule has 17 heavy (non-hydrogen) atoms. The molecule has 7 heteroatoms. The van der Waals surface area contributed by atoms with Crippen molar-refractivity contribution in [3.05, 3.63) is 30.3 Å². The van der Waals surface area contributed by atoms with Gasteiger partial charge in [-0.25, -0.2) is 8.42 Å². The maximum Gasteiger partial charge on any atom is 1.00 e. The van der Waals surface area contributed by atoms with Crippen LogP contribution in [0.1, 0.15) is 0 Å². The van der Waals surface area contributed by atoms with Crippen LogP contribution in [0.3, 0.4) is 0 Å². The van der Waals surface area contributed by atoms with E-state index in [-0.39, 0.29) is 28.1 Å². The summed E-state index contributed by atoms with van der Waals surface area (Å²) >= 11 is 0. The van der Waals surface area contributed by atoms with Gasteiger partial charge < -0.3 is 15.4 Å². The number of nitrogens with two attached hydrogens (primary N) is 1. The molecule has 5 nitrogen and oxygen atoms in total. The minimum atomic E-state index is -4.57. The largest absolute Gasteiger partial charge is 1.00 e. The monoisotopic (exact) mass is 345 g/mol. The van der Waals surface area contributed by atoms with E-state index in [2.05, 4.69) is 0 Å². The van der Waals surface area contributed by atoms with E-state index in [0.717, 1.165) is 6.07 Å². The summed E-state index contributed by atoms with van der Waals surface area (Å²) in [6, 6.07) is 6.73. The van der Waals surface area contributed by atoms with Gasteiger partial charge in [-0.15, -0.1) is 0 Å². The van der Waals surface area contributed by atoms with Crippen molar-refractivity contribution in [3.8, 4) is 5.75 Å². The zero-order chi connectivity index (χ0) is 11.9. The van der Waals surface area contributed by atoms with Gasteiger partial charge in [0.1, 0.15) is 15.9 Å². The van der Waals surface area contributed by atoms with E-state index in [0.29, 0.717) is 16.5 Å². The van der Waals surface area contributed by atoms with E-state index in [4.69, 9.17) is 5.73 Å². The summed E-state index contributed by atoms with van der Waals surface area (Å²) in [7, 11) is -4.57. The molecular weight excluding hydrogens is 338 g/mol. The first-order chi connectivity index (χ1) is 7.38. The molecule has 0 saturated carbocycles. The van der Waals surface area contributed by atoms with E-state index in [1.807, 2.05) is 0 Å². The fourth-order valence-corrected chi connectivity index (χ4v) is 2.00. The molecule has 0 spiro atoms. The van der Waals surface area contributed by atoms with Crippen molar-refractivity contribution in [2.45, 2.75) is 4.90 Å². The van der Waals surface area contributed by atoms with Crippen LogP contribution in [0.2, 0.25) is 0 Å². The van der Waals surface area contributed by atoms with Crippen LogP contribution in [0.5, 0.6) is 5.75 Å². The second-order valence-electron chi connectivity index (χ2n) is 3.38. The van der Waals surface area contributed by atoms with Crippen LogP contribution in [0, 0.1) is 0 Å². The first-order valence-corrected chi connectivity index (χ1v) is 5.77. The van der Waals surface area contributed by atoms with E-state index in [9.17, 15) is 18.1 Å². The van der Waals surface area contributed by atoms with E-state index < -0.39 is 15.0 Å². The SMILES string of the molecule is Nc1ccc2cc(S(=O)(=O)[O-])cc(O)c2c1.[Ag+]. The van der Waals surface area contributed by atoms with Crippen molar-refractivity contribution in [3.63, 3.8) is 0 Å². The number of benzene rings is 2. The fourth-order valence-electron chi connectivity index (χ4n) is 1.47. The van der Waals surface area contributed by atoms with Crippen LogP contribution in [0.15, 0.2) is 35.2 Å². The Hall–Kier alpha value is -1.05. The molecule has 0 atom stereocenters. The average molecular weight is 346 g/mol. The summed E-state index contributed by atoms with van der Waals surface area (Å²) < 4.78 is 32.4. The minimum absolute atomic E-state index is 0. The molecule has 2 rings (SSSR count). The Kier molecular flexibility index (Phi) is 3.85. The Balaban J connectivity index is 0.00000144. The minimum Gasteiger partial charge on any atom is -0.744 e. The molecule has 0 aromatic heterocycles. The third-order valence-corrected chi connectivity index (χ3v) is 3.03. The number of nitrogen functional groups attached to an aromatic ring is 1. The van der Waals surface area contributed by atoms with Crippen molar-refractivity contribution >= 4 is 26.6 Å². The summed E-state index contributed by atoms with van der Waals surface area (Å²) in [5.41, 5.74) is 5.97. The van der Waals surface area contributed by atoms with Gasteiger partial charge in [-0.1, -0.05) is 6.07 Å². The molecule has 0 amide bonds. The molecule has 2 aromatic rings. The molecule has 3 N–H and O–H groups in total. The molecule has 0 bridgehead atoms. The Morgan fingerprint density at radius 1 is 1.18 bits per heavy atom. The van der Waals surface area contributed by atoms with Crippen LogP contribution in [-0.2, 0) is 32.5 Å². The van der Waals surface area contributed by atoms with Gasteiger partial charge in [0.15, 0.2) is 0 Å². The molecule has 0 unspecified atom stereocenters. The molecule has 0 aliphatic carbocycles.